The summed E-state index contributed by atoms with van der Waals surface area (Å²) in [6, 6.07) is 16.8. The average Bonchev–Trinajstić information content (AvgIpc) is 2.66. The highest BCUT2D eigenvalue weighted by molar-refractivity contribution is 5.80. The fraction of sp³-hybridized carbons (Fsp3) is 0.300. The Balaban J connectivity index is 1.67. The van der Waals surface area contributed by atoms with Crippen LogP contribution in [0.2, 0.25) is 0 Å². The fourth-order valence-corrected chi connectivity index (χ4v) is 2.24. The number of benzene rings is 2. The zero-order chi connectivity index (χ0) is 18.8. The molecule has 6 heteroatoms. The maximum absolute atomic E-state index is 12.0. The largest absolute Gasteiger partial charge is 0.482 e. The molecular weight excluding hydrogens is 334 g/mol. The van der Waals surface area contributed by atoms with Crippen molar-refractivity contribution in [2.24, 2.45) is 0 Å². The lowest BCUT2D eigenvalue weighted by Gasteiger charge is -2.13. The summed E-state index contributed by atoms with van der Waals surface area (Å²) >= 11 is 0. The van der Waals surface area contributed by atoms with E-state index in [2.05, 4.69) is 5.32 Å². The third-order valence-corrected chi connectivity index (χ3v) is 3.71. The average molecular weight is 357 g/mol. The molecular formula is C20H23NO5. The molecule has 138 valence electrons. The quantitative estimate of drug-likeness (QED) is 0.682. The highest BCUT2D eigenvalue weighted by Gasteiger charge is 2.12. The summed E-state index contributed by atoms with van der Waals surface area (Å²) < 4.78 is 10.7. The molecule has 0 aliphatic carbocycles. The minimum Gasteiger partial charge on any atom is -0.482 e. The molecule has 0 radical (unpaired) electrons. The number of carbonyl (C=O) groups is 2. The fourth-order valence-electron chi connectivity index (χ4n) is 2.24. The molecule has 0 aliphatic heterocycles. The Bertz CT molecular complexity index is 700. The van der Waals surface area contributed by atoms with Gasteiger partial charge in [0.05, 0.1) is 6.61 Å². The van der Waals surface area contributed by atoms with Crippen LogP contribution in [-0.4, -0.2) is 36.2 Å². The van der Waals surface area contributed by atoms with Crippen molar-refractivity contribution < 1.29 is 24.2 Å². The second kappa shape index (κ2) is 10.2. The molecule has 0 saturated heterocycles. The summed E-state index contributed by atoms with van der Waals surface area (Å²) in [6.45, 7) is 2.25. The van der Waals surface area contributed by atoms with E-state index in [0.29, 0.717) is 25.3 Å². The molecule has 0 spiro atoms. The van der Waals surface area contributed by atoms with Crippen LogP contribution in [-0.2, 0) is 27.4 Å². The molecule has 0 aliphatic rings. The van der Waals surface area contributed by atoms with Crippen molar-refractivity contribution in [1.82, 2.24) is 5.32 Å². The summed E-state index contributed by atoms with van der Waals surface area (Å²) in [7, 11) is 0. The topological polar surface area (TPSA) is 84.9 Å². The smallest absolute Gasteiger partial charge is 0.341 e. The number of aliphatic carboxylic acids is 1. The zero-order valence-electron chi connectivity index (χ0n) is 14.7. The van der Waals surface area contributed by atoms with Crippen LogP contribution >= 0.6 is 0 Å². The molecule has 2 aromatic rings. The van der Waals surface area contributed by atoms with Gasteiger partial charge in [0.25, 0.3) is 0 Å². The molecule has 2 N–H and O–H groups in total. The third kappa shape index (κ3) is 6.94. The molecule has 1 unspecified atom stereocenters. The summed E-state index contributed by atoms with van der Waals surface area (Å²) in [6.07, 6.45) is 0.137. The Morgan fingerprint density at radius 1 is 1.04 bits per heavy atom. The summed E-state index contributed by atoms with van der Waals surface area (Å²) in [5, 5.41) is 11.4. The van der Waals surface area contributed by atoms with Gasteiger partial charge in [0.15, 0.2) is 6.61 Å². The summed E-state index contributed by atoms with van der Waals surface area (Å²) in [4.78, 5) is 22.5. The normalized spacial score (nSPS) is 11.6. The first-order valence-electron chi connectivity index (χ1n) is 8.41. The van der Waals surface area contributed by atoms with Crippen LogP contribution in [0.4, 0.5) is 0 Å². The van der Waals surface area contributed by atoms with Gasteiger partial charge in [-0.2, -0.15) is 0 Å². The van der Waals surface area contributed by atoms with Crippen LogP contribution in [0.3, 0.4) is 0 Å². The molecule has 0 aromatic heterocycles. The number of carboxylic acids is 1. The Labute approximate surface area is 152 Å². The number of amides is 1. The molecule has 2 aromatic carbocycles. The maximum Gasteiger partial charge on any atom is 0.341 e. The molecule has 0 fully saturated rings. The van der Waals surface area contributed by atoms with Crippen molar-refractivity contribution in [1.29, 1.82) is 0 Å². The highest BCUT2D eigenvalue weighted by atomic mass is 16.5. The second-order valence-corrected chi connectivity index (χ2v) is 5.81. The molecule has 0 heterocycles. The van der Waals surface area contributed by atoms with E-state index in [-0.39, 0.29) is 12.5 Å². The number of carbonyl (C=O) groups excluding carboxylic acids is 1. The number of nitrogens with one attached hydrogen (secondary N) is 1. The van der Waals surface area contributed by atoms with Crippen LogP contribution in [0, 0.1) is 0 Å². The highest BCUT2D eigenvalue weighted by Crippen LogP contribution is 2.12. The van der Waals surface area contributed by atoms with Crippen LogP contribution < -0.4 is 10.1 Å². The van der Waals surface area contributed by atoms with E-state index >= 15 is 0 Å². The molecule has 0 saturated carbocycles. The van der Waals surface area contributed by atoms with E-state index in [1.165, 1.54) is 0 Å². The number of hydrogen-bond acceptors (Lipinski definition) is 4. The standard InChI is InChI=1S/C20H23NO5/c1-15(25-13-17-5-3-2-4-6-17)20(24)21-12-11-16-7-9-18(10-8-16)26-14-19(22)23/h2-10,15H,11-14H2,1H3,(H,21,24)(H,22,23). The third-order valence-electron chi connectivity index (χ3n) is 3.71. The van der Waals surface area contributed by atoms with Gasteiger partial charge in [0.1, 0.15) is 11.9 Å². The minimum absolute atomic E-state index is 0.151. The van der Waals surface area contributed by atoms with Gasteiger partial charge in [-0.15, -0.1) is 0 Å². The van der Waals surface area contributed by atoms with E-state index in [9.17, 15) is 9.59 Å². The summed E-state index contributed by atoms with van der Waals surface area (Å²) in [5.41, 5.74) is 2.04. The Morgan fingerprint density at radius 2 is 1.73 bits per heavy atom. The van der Waals surface area contributed by atoms with Crippen molar-refractivity contribution in [3.8, 4) is 5.75 Å². The van der Waals surface area contributed by atoms with Crippen LogP contribution in [0.15, 0.2) is 54.6 Å². The zero-order valence-corrected chi connectivity index (χ0v) is 14.7. The number of carboxylic acid groups (broad SMARTS) is 1. The SMILES string of the molecule is CC(OCc1ccccc1)C(=O)NCCc1ccc(OCC(=O)O)cc1. The first-order valence-corrected chi connectivity index (χ1v) is 8.41. The van der Waals surface area contributed by atoms with E-state index in [1.54, 1.807) is 19.1 Å². The van der Waals surface area contributed by atoms with E-state index in [1.807, 2.05) is 42.5 Å². The number of ether oxygens (including phenoxy) is 2. The van der Waals surface area contributed by atoms with Gasteiger partial charge in [-0.1, -0.05) is 42.5 Å². The first kappa shape index (κ1) is 19.5. The molecule has 2 rings (SSSR count). The van der Waals surface area contributed by atoms with E-state index < -0.39 is 12.1 Å². The molecule has 6 nitrogen and oxygen atoms in total. The van der Waals surface area contributed by atoms with Crippen molar-refractivity contribution in [2.75, 3.05) is 13.2 Å². The maximum atomic E-state index is 12.0. The Morgan fingerprint density at radius 3 is 2.38 bits per heavy atom. The van der Waals surface area contributed by atoms with Gasteiger partial charge >= 0.3 is 5.97 Å². The lowest BCUT2D eigenvalue weighted by Crippen LogP contribution is -2.35. The van der Waals surface area contributed by atoms with Crippen molar-refractivity contribution in [3.63, 3.8) is 0 Å². The lowest BCUT2D eigenvalue weighted by atomic mass is 10.1. The first-order chi connectivity index (χ1) is 12.5. The lowest BCUT2D eigenvalue weighted by molar-refractivity contribution is -0.139. The van der Waals surface area contributed by atoms with Crippen molar-refractivity contribution in [2.45, 2.75) is 26.1 Å². The Kier molecular flexibility index (Phi) is 7.64. The van der Waals surface area contributed by atoms with Gasteiger partial charge in [-0.3, -0.25) is 4.79 Å². The molecule has 1 amide bonds. The van der Waals surface area contributed by atoms with Crippen LogP contribution in [0.5, 0.6) is 5.75 Å². The molecule has 0 bridgehead atoms. The predicted molar refractivity (Wildman–Crippen MR) is 97.0 cm³/mol. The monoisotopic (exact) mass is 357 g/mol. The van der Waals surface area contributed by atoms with Gasteiger partial charge in [0, 0.05) is 6.54 Å². The molecule has 1 atom stereocenters. The van der Waals surface area contributed by atoms with E-state index in [4.69, 9.17) is 14.6 Å². The van der Waals surface area contributed by atoms with Gasteiger partial charge in [-0.25, -0.2) is 4.79 Å². The Hall–Kier alpha value is -2.86. The van der Waals surface area contributed by atoms with Crippen molar-refractivity contribution in [3.05, 3.63) is 65.7 Å². The molecule has 26 heavy (non-hydrogen) atoms. The van der Waals surface area contributed by atoms with E-state index in [0.717, 1.165) is 11.1 Å². The predicted octanol–water partition coefficient (Wildman–Crippen LogP) is 2.41. The summed E-state index contributed by atoms with van der Waals surface area (Å²) in [5.74, 6) is -0.661. The van der Waals surface area contributed by atoms with Gasteiger partial charge in [0.2, 0.25) is 5.91 Å². The number of hydrogen-bond donors (Lipinski definition) is 2. The van der Waals surface area contributed by atoms with Gasteiger partial charge < -0.3 is 19.9 Å². The van der Waals surface area contributed by atoms with Crippen LogP contribution in [0.1, 0.15) is 18.1 Å². The number of rotatable bonds is 10. The second-order valence-electron chi connectivity index (χ2n) is 5.81. The minimum atomic E-state index is -1.01. The van der Waals surface area contributed by atoms with Crippen LogP contribution in [0.25, 0.3) is 0 Å². The van der Waals surface area contributed by atoms with Gasteiger partial charge in [-0.05, 0) is 36.6 Å². The van der Waals surface area contributed by atoms with Crippen molar-refractivity contribution >= 4 is 11.9 Å².